The second kappa shape index (κ2) is 7.92. The van der Waals surface area contributed by atoms with E-state index in [4.69, 9.17) is 5.11 Å². The van der Waals surface area contributed by atoms with Crippen LogP contribution in [0.2, 0.25) is 0 Å². The summed E-state index contributed by atoms with van der Waals surface area (Å²) in [4.78, 5) is 0. The Morgan fingerprint density at radius 2 is 1.95 bits per heavy atom. The summed E-state index contributed by atoms with van der Waals surface area (Å²) >= 11 is 0. The van der Waals surface area contributed by atoms with Gasteiger partial charge < -0.3 is 15.5 Å². The molecule has 1 aromatic rings. The molecule has 5 heteroatoms. The Morgan fingerprint density at radius 3 is 2.67 bits per heavy atom. The Kier molecular flexibility index (Phi) is 6.21. The molecule has 2 rings (SSSR count). The van der Waals surface area contributed by atoms with Gasteiger partial charge in [-0.05, 0) is 32.6 Å². The Bertz CT molecular complexity index is 445. The van der Waals surface area contributed by atoms with E-state index in [2.05, 4.69) is 17.3 Å². The van der Waals surface area contributed by atoms with E-state index in [-0.39, 0.29) is 13.2 Å². The van der Waals surface area contributed by atoms with Crippen molar-refractivity contribution in [1.29, 1.82) is 0 Å². The van der Waals surface area contributed by atoms with E-state index in [0.29, 0.717) is 18.5 Å². The quantitative estimate of drug-likeness (QED) is 0.696. The molecular weight excluding hydrogens is 266 g/mol. The van der Waals surface area contributed by atoms with E-state index in [1.165, 1.54) is 24.8 Å². The maximum atomic E-state index is 9.58. The number of nitrogens with one attached hydrogen (secondary N) is 1. The van der Waals surface area contributed by atoms with E-state index < -0.39 is 0 Å². The van der Waals surface area contributed by atoms with Crippen molar-refractivity contribution in [2.24, 2.45) is 5.92 Å². The van der Waals surface area contributed by atoms with Crippen LogP contribution in [0.4, 0.5) is 0 Å². The SMILES string of the molecule is Cc1nn(CCO)c(C)c1CNC1CCCCCC1CO. The predicted molar refractivity (Wildman–Crippen MR) is 83.1 cm³/mol. The molecule has 0 radical (unpaired) electrons. The zero-order valence-corrected chi connectivity index (χ0v) is 13.3. The predicted octanol–water partition coefficient (Wildman–Crippen LogP) is 1.52. The van der Waals surface area contributed by atoms with Gasteiger partial charge in [-0.1, -0.05) is 19.3 Å². The molecule has 1 aromatic heterocycles. The third kappa shape index (κ3) is 4.05. The molecule has 1 saturated carbocycles. The van der Waals surface area contributed by atoms with Crippen molar-refractivity contribution in [3.8, 4) is 0 Å². The topological polar surface area (TPSA) is 70.3 Å². The highest BCUT2D eigenvalue weighted by Gasteiger charge is 2.23. The first-order chi connectivity index (χ1) is 10.2. The summed E-state index contributed by atoms with van der Waals surface area (Å²) in [6, 6.07) is 0.400. The van der Waals surface area contributed by atoms with Crippen molar-refractivity contribution in [2.45, 2.75) is 65.1 Å². The average molecular weight is 295 g/mol. The van der Waals surface area contributed by atoms with Gasteiger partial charge in [0.25, 0.3) is 0 Å². The molecule has 0 bridgehead atoms. The van der Waals surface area contributed by atoms with Crippen molar-refractivity contribution >= 4 is 0 Å². The largest absolute Gasteiger partial charge is 0.396 e. The van der Waals surface area contributed by atoms with Gasteiger partial charge in [-0.15, -0.1) is 0 Å². The van der Waals surface area contributed by atoms with Crippen LogP contribution < -0.4 is 5.32 Å². The van der Waals surface area contributed by atoms with Crippen LogP contribution in [0.1, 0.15) is 49.1 Å². The zero-order valence-electron chi connectivity index (χ0n) is 13.3. The number of nitrogens with zero attached hydrogens (tertiary/aromatic N) is 2. The standard InChI is InChI=1S/C16H29N3O2/c1-12-15(13(2)19(18-12)8-9-20)10-17-16-7-5-3-4-6-14(16)11-21/h14,16-17,20-21H,3-11H2,1-2H3. The number of aromatic nitrogens is 2. The van der Waals surface area contributed by atoms with Crippen LogP contribution in [-0.2, 0) is 13.1 Å². The van der Waals surface area contributed by atoms with Gasteiger partial charge in [-0.3, -0.25) is 4.68 Å². The van der Waals surface area contributed by atoms with Gasteiger partial charge in [0.15, 0.2) is 0 Å². The maximum absolute atomic E-state index is 9.58. The fourth-order valence-corrected chi connectivity index (χ4v) is 3.41. The van der Waals surface area contributed by atoms with Crippen molar-refractivity contribution in [2.75, 3.05) is 13.2 Å². The molecule has 1 aliphatic rings. The molecule has 21 heavy (non-hydrogen) atoms. The summed E-state index contributed by atoms with van der Waals surface area (Å²) < 4.78 is 1.88. The molecular formula is C16H29N3O2. The molecule has 120 valence electrons. The molecule has 0 spiro atoms. The number of hydrogen-bond donors (Lipinski definition) is 3. The van der Waals surface area contributed by atoms with Crippen LogP contribution in [0.25, 0.3) is 0 Å². The van der Waals surface area contributed by atoms with E-state index in [1.807, 2.05) is 11.6 Å². The molecule has 1 heterocycles. The Hall–Kier alpha value is -0.910. The van der Waals surface area contributed by atoms with E-state index in [1.54, 1.807) is 0 Å². The highest BCUT2D eigenvalue weighted by molar-refractivity contribution is 5.24. The fourth-order valence-electron chi connectivity index (χ4n) is 3.41. The Balaban J connectivity index is 2.01. The van der Waals surface area contributed by atoms with Crippen molar-refractivity contribution in [3.63, 3.8) is 0 Å². The lowest BCUT2D eigenvalue weighted by Gasteiger charge is -2.24. The number of aryl methyl sites for hydroxylation is 1. The number of aliphatic hydroxyl groups excluding tert-OH is 2. The number of rotatable bonds is 6. The van der Waals surface area contributed by atoms with Crippen molar-refractivity contribution < 1.29 is 10.2 Å². The van der Waals surface area contributed by atoms with E-state index in [0.717, 1.165) is 30.8 Å². The van der Waals surface area contributed by atoms with Crippen LogP contribution in [0.3, 0.4) is 0 Å². The number of hydrogen-bond acceptors (Lipinski definition) is 4. The van der Waals surface area contributed by atoms with Gasteiger partial charge in [0.2, 0.25) is 0 Å². The molecule has 0 saturated heterocycles. The minimum absolute atomic E-state index is 0.115. The van der Waals surface area contributed by atoms with Crippen LogP contribution in [0, 0.1) is 19.8 Å². The lowest BCUT2D eigenvalue weighted by Crippen LogP contribution is -2.37. The second-order valence-electron chi connectivity index (χ2n) is 6.16. The fraction of sp³-hybridized carbons (Fsp3) is 0.812. The van der Waals surface area contributed by atoms with E-state index in [9.17, 15) is 5.11 Å². The van der Waals surface area contributed by atoms with Gasteiger partial charge in [-0.25, -0.2) is 0 Å². The summed E-state index contributed by atoms with van der Waals surface area (Å²) in [6.07, 6.45) is 6.02. The van der Waals surface area contributed by atoms with Crippen LogP contribution in [0.15, 0.2) is 0 Å². The lowest BCUT2D eigenvalue weighted by atomic mass is 9.95. The minimum Gasteiger partial charge on any atom is -0.396 e. The molecule has 5 nitrogen and oxygen atoms in total. The van der Waals surface area contributed by atoms with Gasteiger partial charge in [0, 0.05) is 30.5 Å². The van der Waals surface area contributed by atoms with Crippen molar-refractivity contribution in [3.05, 3.63) is 17.0 Å². The number of aliphatic hydroxyl groups is 2. The monoisotopic (exact) mass is 295 g/mol. The second-order valence-corrected chi connectivity index (χ2v) is 6.16. The summed E-state index contributed by atoms with van der Waals surface area (Å²) in [7, 11) is 0. The first-order valence-corrected chi connectivity index (χ1v) is 8.15. The summed E-state index contributed by atoms with van der Waals surface area (Å²) in [5.74, 6) is 0.376. The van der Waals surface area contributed by atoms with Crippen LogP contribution in [0.5, 0.6) is 0 Å². The molecule has 2 unspecified atom stereocenters. The highest BCUT2D eigenvalue weighted by Crippen LogP contribution is 2.24. The van der Waals surface area contributed by atoms with Gasteiger partial charge >= 0.3 is 0 Å². The average Bonchev–Trinajstić information content (AvgIpc) is 2.67. The Labute approximate surface area is 127 Å². The normalized spacial score (nSPS) is 23.2. The summed E-state index contributed by atoms with van der Waals surface area (Å²) in [6.45, 7) is 5.82. The van der Waals surface area contributed by atoms with Gasteiger partial charge in [0.05, 0.1) is 18.8 Å². The smallest absolute Gasteiger partial charge is 0.0644 e. The van der Waals surface area contributed by atoms with Gasteiger partial charge in [0.1, 0.15) is 0 Å². The summed E-state index contributed by atoms with van der Waals surface area (Å²) in [5.41, 5.74) is 3.38. The van der Waals surface area contributed by atoms with Crippen molar-refractivity contribution in [1.82, 2.24) is 15.1 Å². The minimum atomic E-state index is 0.115. The first-order valence-electron chi connectivity index (χ1n) is 8.15. The maximum Gasteiger partial charge on any atom is 0.0644 e. The van der Waals surface area contributed by atoms with Crippen LogP contribution >= 0.6 is 0 Å². The third-order valence-electron chi connectivity index (χ3n) is 4.78. The molecule has 2 atom stereocenters. The molecule has 1 aliphatic carbocycles. The first kappa shape index (κ1) is 16.5. The Morgan fingerprint density at radius 1 is 1.19 bits per heavy atom. The molecule has 1 fully saturated rings. The molecule has 3 N–H and O–H groups in total. The highest BCUT2D eigenvalue weighted by atomic mass is 16.3. The zero-order chi connectivity index (χ0) is 15.2. The molecule has 0 amide bonds. The third-order valence-corrected chi connectivity index (χ3v) is 4.78. The molecule has 0 aliphatic heterocycles. The van der Waals surface area contributed by atoms with Crippen LogP contribution in [-0.4, -0.2) is 39.2 Å². The molecule has 0 aromatic carbocycles. The summed E-state index contributed by atoms with van der Waals surface area (Å²) in [5, 5.41) is 26.8. The lowest BCUT2D eigenvalue weighted by molar-refractivity contribution is 0.181. The van der Waals surface area contributed by atoms with E-state index >= 15 is 0 Å². The van der Waals surface area contributed by atoms with Gasteiger partial charge in [-0.2, -0.15) is 5.10 Å².